The van der Waals surface area contributed by atoms with Crippen molar-refractivity contribution >= 4 is 60.9 Å². The highest BCUT2D eigenvalue weighted by Crippen LogP contribution is 2.67. The van der Waals surface area contributed by atoms with Crippen LogP contribution in [-0.2, 0) is 21.7 Å². The second kappa shape index (κ2) is 18.2. The highest BCUT2D eigenvalue weighted by atomic mass is 16.3. The minimum Gasteiger partial charge on any atom is -0.456 e. The molecule has 90 heavy (non-hydrogen) atoms. The summed E-state index contributed by atoms with van der Waals surface area (Å²) >= 11 is 0. The molecule has 0 saturated carbocycles. The number of nitrogens with zero attached hydrogens (tertiary/aromatic N) is 1. The molecular formula is C87H61NO2. The zero-order chi connectivity index (χ0) is 60.0. The highest BCUT2D eigenvalue weighted by molar-refractivity contribution is 6.21. The van der Waals surface area contributed by atoms with Crippen LogP contribution in [-0.4, -0.2) is 0 Å². The number of hydrogen-bond acceptors (Lipinski definition) is 3. The number of furan rings is 2. The van der Waals surface area contributed by atoms with Crippen LogP contribution in [0.5, 0.6) is 0 Å². The molecule has 4 aliphatic rings. The summed E-state index contributed by atoms with van der Waals surface area (Å²) < 4.78 is 14.0. The smallest absolute Gasteiger partial charge is 0.144 e. The van der Waals surface area contributed by atoms with Crippen molar-refractivity contribution in [2.24, 2.45) is 0 Å². The number of hydrogen-bond donors (Lipinski definition) is 0. The molecule has 4 aliphatic carbocycles. The van der Waals surface area contributed by atoms with Gasteiger partial charge in [0, 0.05) is 55.0 Å². The van der Waals surface area contributed by atoms with Gasteiger partial charge in [-0.2, -0.15) is 0 Å². The monoisotopic (exact) mass is 1150 g/mol. The number of benzene rings is 13. The number of rotatable bonds is 7. The summed E-state index contributed by atoms with van der Waals surface area (Å²) in [6.45, 7) is 12.0. The zero-order valence-electron chi connectivity index (χ0n) is 50.8. The van der Waals surface area contributed by atoms with Crippen molar-refractivity contribution in [1.82, 2.24) is 0 Å². The van der Waals surface area contributed by atoms with Crippen molar-refractivity contribution in [3.8, 4) is 44.5 Å². The van der Waals surface area contributed by atoms with Crippen LogP contribution in [0.15, 0.2) is 288 Å². The SMILES string of the molecule is Cc1ccccc1N(c1ccc2c(c1)C(C)(C)c1c3c(c4c(oc5ccccc54)c1-2)-c1ccccc1C3(C)C)c1ccc2c(c1)C(c1ccccc1)(c1ccccc1)c1cc3c(cc1-2)C(c1ccccc1)(c1ccccc1)c1ccc2oc4ccccc4c2c1-3. The lowest BCUT2D eigenvalue weighted by Gasteiger charge is -2.36. The molecule has 0 atom stereocenters. The summed E-state index contributed by atoms with van der Waals surface area (Å²) in [6.07, 6.45) is 0. The Morgan fingerprint density at radius 1 is 0.300 bits per heavy atom. The lowest BCUT2D eigenvalue weighted by atomic mass is 9.66. The molecule has 3 nitrogen and oxygen atoms in total. The molecule has 0 fully saturated rings. The van der Waals surface area contributed by atoms with Crippen LogP contribution in [0, 0.1) is 6.92 Å². The largest absolute Gasteiger partial charge is 0.456 e. The second-order valence-corrected chi connectivity index (χ2v) is 26.5. The third kappa shape index (κ3) is 6.43. The van der Waals surface area contributed by atoms with E-state index >= 15 is 0 Å². The van der Waals surface area contributed by atoms with Gasteiger partial charge in [-0.05, 0) is 179 Å². The van der Waals surface area contributed by atoms with Gasteiger partial charge in [-0.3, -0.25) is 0 Å². The molecule has 3 heteroatoms. The van der Waals surface area contributed by atoms with Gasteiger partial charge in [-0.25, -0.2) is 0 Å². The standard InChI is InChI=1S/C87H61NO2/c1-52-26-18-23-39-72(52)88(57-43-45-61-68(48-57)85(4,5)82-80(61)83-79(63-37-21-25-41-74(63)90-83)78-60-35-19-22-38-66(60)84(2,3)81(78)82)58-42-44-59-64-50-71-65(51-70(64)87(69(59)49-58,55-31-14-8-15-32-55)56-33-16-9-17-34-56)76-67(46-47-75-77(76)62-36-20-24-40-73(62)89-75)86(71,53-27-10-6-11-28-53)54-29-12-7-13-30-54/h6-51H,1-5H3. The van der Waals surface area contributed by atoms with Gasteiger partial charge >= 0.3 is 0 Å². The van der Waals surface area contributed by atoms with Crippen molar-refractivity contribution in [3.05, 3.63) is 351 Å². The Balaban J connectivity index is 0.883. The minimum absolute atomic E-state index is 0.252. The van der Waals surface area contributed by atoms with Crippen LogP contribution >= 0.6 is 0 Å². The van der Waals surface area contributed by atoms with Crippen molar-refractivity contribution in [2.75, 3.05) is 4.90 Å². The Morgan fingerprint density at radius 2 is 0.767 bits per heavy atom. The molecule has 13 aromatic carbocycles. The Bertz CT molecular complexity index is 5470. The molecule has 0 radical (unpaired) electrons. The van der Waals surface area contributed by atoms with Gasteiger partial charge in [0.15, 0.2) is 0 Å². The summed E-state index contributed by atoms with van der Waals surface area (Å²) in [7, 11) is 0. The first-order valence-corrected chi connectivity index (χ1v) is 31.7. The van der Waals surface area contributed by atoms with Crippen LogP contribution < -0.4 is 4.90 Å². The normalized spacial score (nSPS) is 15.3. The number of anilines is 3. The predicted molar refractivity (Wildman–Crippen MR) is 370 cm³/mol. The minimum atomic E-state index is -0.753. The van der Waals surface area contributed by atoms with Crippen LogP contribution in [0.4, 0.5) is 17.1 Å². The van der Waals surface area contributed by atoms with Crippen LogP contribution in [0.25, 0.3) is 88.4 Å². The van der Waals surface area contributed by atoms with Crippen molar-refractivity contribution < 1.29 is 8.83 Å². The highest BCUT2D eigenvalue weighted by Gasteiger charge is 2.53. The molecule has 2 aromatic heterocycles. The molecule has 426 valence electrons. The Kier molecular flexibility index (Phi) is 10.4. The molecule has 0 unspecified atom stereocenters. The Labute approximate surface area is 523 Å². The van der Waals surface area contributed by atoms with Gasteiger partial charge in [0.05, 0.1) is 10.8 Å². The lowest BCUT2D eigenvalue weighted by Crippen LogP contribution is -2.30. The van der Waals surface area contributed by atoms with E-state index in [4.69, 9.17) is 8.83 Å². The first-order valence-electron chi connectivity index (χ1n) is 31.7. The average molecular weight is 1150 g/mol. The molecule has 0 bridgehead atoms. The zero-order valence-corrected chi connectivity index (χ0v) is 50.8. The van der Waals surface area contributed by atoms with Crippen molar-refractivity contribution in [3.63, 3.8) is 0 Å². The third-order valence-corrected chi connectivity index (χ3v) is 21.5. The fourth-order valence-electron chi connectivity index (χ4n) is 17.8. The first-order chi connectivity index (χ1) is 44.1. The summed E-state index contributed by atoms with van der Waals surface area (Å²) in [6, 6.07) is 105. The van der Waals surface area contributed by atoms with Crippen LogP contribution in [0.3, 0.4) is 0 Å². The first kappa shape index (κ1) is 51.3. The maximum Gasteiger partial charge on any atom is 0.144 e. The summed E-state index contributed by atoms with van der Waals surface area (Å²) in [5.41, 5.74) is 31.4. The lowest BCUT2D eigenvalue weighted by molar-refractivity contribution is 0.600. The van der Waals surface area contributed by atoms with E-state index in [9.17, 15) is 0 Å². The molecular weight excluding hydrogens is 1090 g/mol. The van der Waals surface area contributed by atoms with E-state index < -0.39 is 16.2 Å². The van der Waals surface area contributed by atoms with Gasteiger partial charge in [-0.15, -0.1) is 0 Å². The van der Waals surface area contributed by atoms with Gasteiger partial charge in [0.25, 0.3) is 0 Å². The maximum atomic E-state index is 7.16. The topological polar surface area (TPSA) is 29.5 Å². The van der Waals surface area contributed by atoms with Crippen LogP contribution in [0.2, 0.25) is 0 Å². The van der Waals surface area contributed by atoms with E-state index in [0.717, 1.165) is 50.2 Å². The molecule has 0 aliphatic heterocycles. The second-order valence-electron chi connectivity index (χ2n) is 26.5. The van der Waals surface area contributed by atoms with Gasteiger partial charge in [0.2, 0.25) is 0 Å². The number of fused-ring (bicyclic) bond motifs is 22. The van der Waals surface area contributed by atoms with Gasteiger partial charge in [-0.1, -0.05) is 246 Å². The molecule has 0 N–H and O–H groups in total. The summed E-state index contributed by atoms with van der Waals surface area (Å²) in [5.74, 6) is 0. The molecule has 0 saturated heterocycles. The molecule has 2 heterocycles. The third-order valence-electron chi connectivity index (χ3n) is 21.5. The maximum absolute atomic E-state index is 7.16. The van der Waals surface area contributed by atoms with Crippen molar-refractivity contribution in [2.45, 2.75) is 56.3 Å². The fraction of sp³-hybridized carbons (Fsp3) is 0.103. The Hall–Kier alpha value is -10.7. The molecule has 0 spiro atoms. The summed E-state index contributed by atoms with van der Waals surface area (Å²) in [5, 5.41) is 4.65. The van der Waals surface area contributed by atoms with Gasteiger partial charge < -0.3 is 13.7 Å². The molecule has 19 rings (SSSR count). The van der Waals surface area contributed by atoms with E-state index in [1.54, 1.807) is 0 Å². The van der Waals surface area contributed by atoms with E-state index in [1.165, 1.54) is 128 Å². The molecule has 0 amide bonds. The fourth-order valence-corrected chi connectivity index (χ4v) is 17.8. The molecule has 15 aromatic rings. The van der Waals surface area contributed by atoms with E-state index in [0.29, 0.717) is 0 Å². The number of para-hydroxylation sites is 3. The average Bonchev–Trinajstić information content (AvgIpc) is 1.51. The summed E-state index contributed by atoms with van der Waals surface area (Å²) in [4.78, 5) is 2.53. The van der Waals surface area contributed by atoms with Crippen LogP contribution in [0.1, 0.15) is 100 Å². The van der Waals surface area contributed by atoms with E-state index in [2.05, 4.69) is 319 Å². The number of aryl methyl sites for hydroxylation is 1. The van der Waals surface area contributed by atoms with E-state index in [1.807, 2.05) is 0 Å². The predicted octanol–water partition coefficient (Wildman–Crippen LogP) is 22.6. The van der Waals surface area contributed by atoms with Gasteiger partial charge in [0.1, 0.15) is 22.3 Å². The van der Waals surface area contributed by atoms with E-state index in [-0.39, 0.29) is 5.41 Å². The Morgan fingerprint density at radius 3 is 1.41 bits per heavy atom. The quantitative estimate of drug-likeness (QED) is 0.159. The van der Waals surface area contributed by atoms with Crippen molar-refractivity contribution in [1.29, 1.82) is 0 Å².